The maximum Gasteiger partial charge on any atom is 0.329 e. The van der Waals surface area contributed by atoms with Gasteiger partial charge in [0.15, 0.2) is 0 Å². The number of urea groups is 1. The van der Waals surface area contributed by atoms with Crippen molar-refractivity contribution in [2.45, 2.75) is 0 Å². The van der Waals surface area contributed by atoms with Crippen molar-refractivity contribution in [3.8, 4) is 0 Å². The van der Waals surface area contributed by atoms with Crippen LogP contribution in [0.2, 0.25) is 0 Å². The van der Waals surface area contributed by atoms with E-state index in [-0.39, 0.29) is 5.69 Å². The molecule has 0 saturated carbocycles. The lowest BCUT2D eigenvalue weighted by atomic mass is 10.3. The summed E-state index contributed by atoms with van der Waals surface area (Å²) in [5.41, 5.74) is -0.0840. The molecule has 0 atom stereocenters. The van der Waals surface area contributed by atoms with E-state index in [1.165, 1.54) is 18.2 Å². The van der Waals surface area contributed by atoms with Gasteiger partial charge in [-0.25, -0.2) is 14.0 Å². The topological polar surface area (TPSA) is 105 Å². The minimum Gasteiger partial charge on any atom is -0.480 e. The highest BCUT2D eigenvalue weighted by molar-refractivity contribution is 6.01. The fourth-order valence-corrected chi connectivity index (χ4v) is 1.11. The van der Waals surface area contributed by atoms with Gasteiger partial charge >= 0.3 is 12.0 Å². The molecule has 0 spiro atoms. The third kappa shape index (κ3) is 5.59. The average molecular weight is 270 g/mol. The van der Waals surface area contributed by atoms with Crippen LogP contribution < -0.4 is 10.6 Å². The summed E-state index contributed by atoms with van der Waals surface area (Å²) in [5.74, 6) is -2.72. The lowest BCUT2D eigenvalue weighted by Gasteiger charge is -2.07. The first-order chi connectivity index (χ1) is 8.99. The molecule has 0 aliphatic rings. The van der Waals surface area contributed by atoms with Gasteiger partial charge in [0.25, 0.3) is 5.91 Å². The number of amides is 3. The molecule has 8 heteroatoms. The highest BCUT2D eigenvalue weighted by Crippen LogP contribution is 2.11. The summed E-state index contributed by atoms with van der Waals surface area (Å²) in [6.45, 7) is -1.24. The minimum atomic E-state index is -1.23. The Morgan fingerprint density at radius 3 is 2.53 bits per heavy atom. The van der Waals surface area contributed by atoms with Crippen LogP contribution in [0.5, 0.6) is 0 Å². The van der Waals surface area contributed by atoms with Crippen LogP contribution in [-0.4, -0.2) is 36.2 Å². The largest absolute Gasteiger partial charge is 0.480 e. The summed E-state index contributed by atoms with van der Waals surface area (Å²) >= 11 is 0. The minimum absolute atomic E-state index is 0.0840. The number of halogens is 1. The fraction of sp³-hybridized carbons (Fsp3) is 0.182. The number of carbonyl (C=O) groups is 3. The van der Waals surface area contributed by atoms with Crippen LogP contribution in [0.15, 0.2) is 24.3 Å². The number of aliphatic carboxylic acids is 1. The second kappa shape index (κ2) is 7.07. The van der Waals surface area contributed by atoms with Gasteiger partial charge in [-0.2, -0.15) is 0 Å². The Bertz CT molecular complexity index is 492. The van der Waals surface area contributed by atoms with Crippen molar-refractivity contribution in [1.29, 1.82) is 0 Å². The molecule has 7 nitrogen and oxygen atoms in total. The number of carboxylic acid groups (broad SMARTS) is 1. The van der Waals surface area contributed by atoms with Crippen LogP contribution in [0.3, 0.4) is 0 Å². The number of carboxylic acids is 1. The van der Waals surface area contributed by atoms with Gasteiger partial charge in [-0.3, -0.25) is 10.1 Å². The van der Waals surface area contributed by atoms with E-state index < -0.39 is 36.9 Å². The Morgan fingerprint density at radius 2 is 1.89 bits per heavy atom. The zero-order valence-corrected chi connectivity index (χ0v) is 9.68. The van der Waals surface area contributed by atoms with Crippen molar-refractivity contribution >= 4 is 23.6 Å². The van der Waals surface area contributed by atoms with E-state index in [0.717, 1.165) is 6.07 Å². The van der Waals surface area contributed by atoms with E-state index in [2.05, 4.69) is 10.1 Å². The quantitative estimate of drug-likeness (QED) is 0.725. The van der Waals surface area contributed by atoms with Gasteiger partial charge in [0.1, 0.15) is 19.0 Å². The first-order valence-electron chi connectivity index (χ1n) is 5.14. The van der Waals surface area contributed by atoms with Crippen molar-refractivity contribution in [3.05, 3.63) is 30.1 Å². The lowest BCUT2D eigenvalue weighted by molar-refractivity contribution is -0.143. The SMILES string of the molecule is O=C(O)COCC(=O)NC(=O)Nc1ccccc1F. The van der Waals surface area contributed by atoms with E-state index in [0.29, 0.717) is 0 Å². The Kier molecular flexibility index (Phi) is 5.42. The molecule has 1 aromatic carbocycles. The normalized spacial score (nSPS) is 9.74. The van der Waals surface area contributed by atoms with E-state index in [1.807, 2.05) is 5.32 Å². The van der Waals surface area contributed by atoms with Gasteiger partial charge < -0.3 is 15.2 Å². The Hall–Kier alpha value is -2.48. The van der Waals surface area contributed by atoms with E-state index in [4.69, 9.17) is 5.11 Å². The van der Waals surface area contributed by atoms with Gasteiger partial charge in [-0.1, -0.05) is 12.1 Å². The summed E-state index contributed by atoms with van der Waals surface area (Å²) in [5, 5.41) is 12.2. The third-order valence-corrected chi connectivity index (χ3v) is 1.83. The van der Waals surface area contributed by atoms with Crippen molar-refractivity contribution in [2.24, 2.45) is 0 Å². The van der Waals surface area contributed by atoms with Crippen molar-refractivity contribution < 1.29 is 28.6 Å². The molecule has 0 bridgehead atoms. The predicted octanol–water partition coefficient (Wildman–Crippen LogP) is 0.575. The maximum atomic E-state index is 13.2. The molecule has 3 amide bonds. The second-order valence-corrected chi connectivity index (χ2v) is 3.37. The Labute approximate surface area is 107 Å². The van der Waals surface area contributed by atoms with Crippen LogP contribution in [0.1, 0.15) is 0 Å². The van der Waals surface area contributed by atoms with Crippen molar-refractivity contribution in [3.63, 3.8) is 0 Å². The van der Waals surface area contributed by atoms with Gasteiger partial charge in [0.05, 0.1) is 5.69 Å². The number of carbonyl (C=O) groups excluding carboxylic acids is 2. The maximum absolute atomic E-state index is 13.2. The number of hydrogen-bond donors (Lipinski definition) is 3. The number of anilines is 1. The highest BCUT2D eigenvalue weighted by Gasteiger charge is 2.10. The molecule has 102 valence electrons. The first kappa shape index (κ1) is 14.6. The summed E-state index contributed by atoms with van der Waals surface area (Å²) < 4.78 is 17.6. The average Bonchev–Trinajstić information content (AvgIpc) is 2.31. The van der Waals surface area contributed by atoms with Gasteiger partial charge in [-0.15, -0.1) is 0 Å². The molecule has 0 saturated heterocycles. The summed E-state index contributed by atoms with van der Waals surface area (Å²) in [7, 11) is 0. The number of ether oxygens (including phenoxy) is 1. The van der Waals surface area contributed by atoms with Crippen LogP contribution in [0.4, 0.5) is 14.9 Å². The molecule has 1 aromatic rings. The van der Waals surface area contributed by atoms with Crippen LogP contribution in [0, 0.1) is 5.82 Å². The van der Waals surface area contributed by atoms with Crippen LogP contribution in [0.25, 0.3) is 0 Å². The first-order valence-corrected chi connectivity index (χ1v) is 5.14. The van der Waals surface area contributed by atoms with E-state index >= 15 is 0 Å². The second-order valence-electron chi connectivity index (χ2n) is 3.37. The standard InChI is InChI=1S/C11H11FN2O5/c12-7-3-1-2-4-8(7)13-11(18)14-9(15)5-19-6-10(16)17/h1-4H,5-6H2,(H,16,17)(H2,13,14,15,18). The smallest absolute Gasteiger partial charge is 0.329 e. The molecule has 0 aliphatic heterocycles. The number of para-hydroxylation sites is 1. The van der Waals surface area contributed by atoms with Gasteiger partial charge in [-0.05, 0) is 12.1 Å². The zero-order valence-electron chi connectivity index (χ0n) is 9.68. The summed E-state index contributed by atoms with van der Waals surface area (Å²) in [6, 6.07) is 4.49. The highest BCUT2D eigenvalue weighted by atomic mass is 19.1. The summed E-state index contributed by atoms with van der Waals surface area (Å²) in [4.78, 5) is 32.5. The number of imide groups is 1. The number of rotatable bonds is 5. The summed E-state index contributed by atoms with van der Waals surface area (Å²) in [6.07, 6.45) is 0. The zero-order chi connectivity index (χ0) is 14.3. The van der Waals surface area contributed by atoms with Crippen LogP contribution in [-0.2, 0) is 14.3 Å². The number of nitrogens with one attached hydrogen (secondary N) is 2. The molecule has 0 unspecified atom stereocenters. The monoisotopic (exact) mass is 270 g/mol. The van der Waals surface area contributed by atoms with E-state index in [9.17, 15) is 18.8 Å². The number of hydrogen-bond acceptors (Lipinski definition) is 4. The molecule has 0 fully saturated rings. The van der Waals surface area contributed by atoms with Crippen molar-refractivity contribution in [2.75, 3.05) is 18.5 Å². The van der Waals surface area contributed by atoms with Crippen LogP contribution >= 0.6 is 0 Å². The predicted molar refractivity (Wildman–Crippen MR) is 62.0 cm³/mol. The number of benzene rings is 1. The van der Waals surface area contributed by atoms with Gasteiger partial charge in [0, 0.05) is 0 Å². The molecule has 3 N–H and O–H groups in total. The fourth-order valence-electron chi connectivity index (χ4n) is 1.11. The van der Waals surface area contributed by atoms with Crippen molar-refractivity contribution in [1.82, 2.24) is 5.32 Å². The Balaban J connectivity index is 2.37. The molecule has 0 aliphatic carbocycles. The molecular formula is C11H11FN2O5. The molecule has 0 heterocycles. The third-order valence-electron chi connectivity index (χ3n) is 1.83. The van der Waals surface area contributed by atoms with Gasteiger partial charge in [0.2, 0.25) is 0 Å². The molecule has 0 aromatic heterocycles. The molecule has 19 heavy (non-hydrogen) atoms. The molecule has 1 rings (SSSR count). The van der Waals surface area contributed by atoms with E-state index in [1.54, 1.807) is 0 Å². The Morgan fingerprint density at radius 1 is 1.21 bits per heavy atom. The molecule has 0 radical (unpaired) electrons. The molecular weight excluding hydrogens is 259 g/mol. The lowest BCUT2D eigenvalue weighted by Crippen LogP contribution is -2.37.